The summed E-state index contributed by atoms with van der Waals surface area (Å²) in [7, 11) is 2.74. The first-order valence-electron chi connectivity index (χ1n) is 6.46. The third-order valence-electron chi connectivity index (χ3n) is 3.05. The molecule has 0 bridgehead atoms. The van der Waals surface area contributed by atoms with Crippen LogP contribution in [0.4, 0.5) is 0 Å². The topological polar surface area (TPSA) is 27.7 Å². The lowest BCUT2D eigenvalue weighted by atomic mass is 10.1. The minimum absolute atomic E-state index is 0.928. The van der Waals surface area contributed by atoms with Crippen molar-refractivity contribution >= 4 is 24.7 Å². The van der Waals surface area contributed by atoms with Crippen molar-refractivity contribution in [2.45, 2.75) is 51.0 Å². The van der Waals surface area contributed by atoms with Gasteiger partial charge in [0.15, 0.2) is 0 Å². The van der Waals surface area contributed by atoms with E-state index in [4.69, 9.17) is 13.3 Å². The van der Waals surface area contributed by atoms with E-state index < -0.39 is 8.80 Å². The molecule has 0 aromatic carbocycles. The van der Waals surface area contributed by atoms with Gasteiger partial charge in [-0.15, -0.1) is 0 Å². The second-order valence-electron chi connectivity index (χ2n) is 4.21. The molecule has 0 spiro atoms. The van der Waals surface area contributed by atoms with Crippen molar-refractivity contribution in [2.75, 3.05) is 26.7 Å². The average molecular weight is 327 g/mol. The van der Waals surface area contributed by atoms with Crippen LogP contribution >= 0.6 is 15.9 Å². The van der Waals surface area contributed by atoms with E-state index >= 15 is 0 Å². The molecular formula is C12H27BrO3Si. The Bertz CT molecular complexity index is 158. The van der Waals surface area contributed by atoms with Gasteiger partial charge in [-0.3, -0.25) is 0 Å². The van der Waals surface area contributed by atoms with Crippen LogP contribution in [-0.4, -0.2) is 35.5 Å². The highest BCUT2D eigenvalue weighted by Crippen LogP contribution is 2.18. The van der Waals surface area contributed by atoms with Crippen LogP contribution in [0.2, 0.25) is 6.04 Å². The molecule has 0 N–H and O–H groups in total. The summed E-state index contributed by atoms with van der Waals surface area (Å²) in [4.78, 5) is 0. The molecule has 3 nitrogen and oxygen atoms in total. The number of hydrogen-bond acceptors (Lipinski definition) is 3. The molecule has 0 saturated carbocycles. The van der Waals surface area contributed by atoms with Gasteiger partial charge in [-0.1, -0.05) is 48.0 Å². The molecule has 0 unspecified atom stereocenters. The number of rotatable bonds is 12. The highest BCUT2D eigenvalue weighted by atomic mass is 79.9. The van der Waals surface area contributed by atoms with Gasteiger partial charge in [0.1, 0.15) is 0 Å². The molecule has 0 atom stereocenters. The lowest BCUT2D eigenvalue weighted by molar-refractivity contribution is 0.122. The first kappa shape index (κ1) is 17.6. The summed E-state index contributed by atoms with van der Waals surface area (Å²) in [5.74, 6) is 0. The van der Waals surface area contributed by atoms with Crippen LogP contribution in [-0.2, 0) is 13.3 Å². The van der Waals surface area contributed by atoms with Crippen molar-refractivity contribution in [1.82, 2.24) is 0 Å². The molecule has 5 heteroatoms. The maximum atomic E-state index is 5.39. The number of halogens is 1. The van der Waals surface area contributed by atoms with E-state index in [1.807, 2.05) is 0 Å². The van der Waals surface area contributed by atoms with E-state index in [1.165, 1.54) is 38.5 Å². The third-order valence-corrected chi connectivity index (χ3v) is 6.44. The lowest BCUT2D eigenvalue weighted by Crippen LogP contribution is -2.42. The van der Waals surface area contributed by atoms with Crippen molar-refractivity contribution in [1.29, 1.82) is 0 Å². The summed E-state index contributed by atoms with van der Waals surface area (Å²) >= 11 is 3.45. The van der Waals surface area contributed by atoms with Gasteiger partial charge in [-0.25, -0.2) is 0 Å². The Balaban J connectivity index is 3.43. The molecule has 104 valence electrons. The summed E-state index contributed by atoms with van der Waals surface area (Å²) in [5, 5.41) is 1.14. The smallest absolute Gasteiger partial charge is 0.377 e. The van der Waals surface area contributed by atoms with Crippen molar-refractivity contribution in [3.05, 3.63) is 0 Å². The predicted octanol–water partition coefficient (Wildman–Crippen LogP) is 3.99. The lowest BCUT2D eigenvalue weighted by Gasteiger charge is -2.24. The molecule has 0 heterocycles. The Morgan fingerprint density at radius 1 is 0.706 bits per heavy atom. The number of alkyl halides is 1. The maximum Gasteiger partial charge on any atom is 0.500 e. The van der Waals surface area contributed by atoms with Gasteiger partial charge < -0.3 is 13.3 Å². The van der Waals surface area contributed by atoms with E-state index in [1.54, 1.807) is 21.3 Å². The van der Waals surface area contributed by atoms with Gasteiger partial charge in [-0.2, -0.15) is 0 Å². The van der Waals surface area contributed by atoms with E-state index in [-0.39, 0.29) is 0 Å². The predicted molar refractivity (Wildman–Crippen MR) is 77.7 cm³/mol. The van der Waals surface area contributed by atoms with Crippen LogP contribution in [0.15, 0.2) is 0 Å². The normalized spacial score (nSPS) is 12.0. The Hall–Kier alpha value is 0.577. The molecule has 0 aliphatic heterocycles. The van der Waals surface area contributed by atoms with Crippen molar-refractivity contribution in [3.8, 4) is 0 Å². The molecule has 0 rings (SSSR count). The van der Waals surface area contributed by atoms with E-state index in [2.05, 4.69) is 15.9 Å². The zero-order valence-corrected chi connectivity index (χ0v) is 14.1. The molecule has 17 heavy (non-hydrogen) atoms. The van der Waals surface area contributed by atoms with Crippen LogP contribution < -0.4 is 0 Å². The maximum absolute atomic E-state index is 5.39. The Morgan fingerprint density at radius 3 is 1.53 bits per heavy atom. The first-order valence-corrected chi connectivity index (χ1v) is 9.51. The van der Waals surface area contributed by atoms with Crippen LogP contribution in [0.1, 0.15) is 44.9 Å². The molecule has 0 aromatic rings. The minimum atomic E-state index is -2.30. The van der Waals surface area contributed by atoms with Crippen molar-refractivity contribution in [2.24, 2.45) is 0 Å². The fourth-order valence-corrected chi connectivity index (χ4v) is 4.07. The zero-order valence-electron chi connectivity index (χ0n) is 11.5. The van der Waals surface area contributed by atoms with E-state index in [0.29, 0.717) is 0 Å². The van der Waals surface area contributed by atoms with Crippen molar-refractivity contribution < 1.29 is 13.3 Å². The molecule has 0 radical (unpaired) electrons. The second kappa shape index (κ2) is 11.7. The third kappa shape index (κ3) is 8.32. The van der Waals surface area contributed by atoms with Crippen LogP contribution in [0, 0.1) is 0 Å². The molecule has 0 aliphatic rings. The van der Waals surface area contributed by atoms with Gasteiger partial charge >= 0.3 is 8.80 Å². The van der Waals surface area contributed by atoms with Crippen molar-refractivity contribution in [3.63, 3.8) is 0 Å². The summed E-state index contributed by atoms with van der Waals surface area (Å²) in [6, 6.07) is 0.928. The molecule has 0 fully saturated rings. The fourth-order valence-electron chi connectivity index (χ4n) is 1.88. The molecule has 0 aromatic heterocycles. The second-order valence-corrected chi connectivity index (χ2v) is 8.09. The standard InChI is InChI=1S/C12H27BrO3Si/c1-14-17(15-2,16-3)12-10-8-6-4-5-7-9-11-13/h4-12H2,1-3H3. The zero-order chi connectivity index (χ0) is 13.0. The first-order chi connectivity index (χ1) is 8.24. The van der Waals surface area contributed by atoms with E-state index in [0.717, 1.165) is 17.8 Å². The van der Waals surface area contributed by atoms with Crippen LogP contribution in [0.3, 0.4) is 0 Å². The number of hydrogen-bond donors (Lipinski definition) is 0. The number of unbranched alkanes of at least 4 members (excludes halogenated alkanes) is 6. The highest BCUT2D eigenvalue weighted by Gasteiger charge is 2.36. The van der Waals surface area contributed by atoms with Gasteiger partial charge in [0.25, 0.3) is 0 Å². The molecule has 0 aliphatic carbocycles. The summed E-state index contributed by atoms with van der Waals surface area (Å²) in [5.41, 5.74) is 0. The SMILES string of the molecule is CO[Si](CCCCCCCCCBr)(OC)OC. The molecule has 0 amide bonds. The van der Waals surface area contributed by atoms with Gasteiger partial charge in [0.2, 0.25) is 0 Å². The largest absolute Gasteiger partial charge is 0.500 e. The van der Waals surface area contributed by atoms with E-state index in [9.17, 15) is 0 Å². The fraction of sp³-hybridized carbons (Fsp3) is 1.00. The average Bonchev–Trinajstić information content (AvgIpc) is 2.38. The van der Waals surface area contributed by atoms with Gasteiger partial charge in [0, 0.05) is 32.7 Å². The highest BCUT2D eigenvalue weighted by molar-refractivity contribution is 9.09. The molecular weight excluding hydrogens is 300 g/mol. The summed E-state index contributed by atoms with van der Waals surface area (Å²) < 4.78 is 16.2. The Kier molecular flexibility index (Phi) is 12.1. The Labute approximate surface area is 116 Å². The Morgan fingerprint density at radius 2 is 1.12 bits per heavy atom. The van der Waals surface area contributed by atoms with Crippen LogP contribution in [0.5, 0.6) is 0 Å². The minimum Gasteiger partial charge on any atom is -0.377 e. The van der Waals surface area contributed by atoms with Gasteiger partial charge in [-0.05, 0) is 12.8 Å². The monoisotopic (exact) mass is 326 g/mol. The molecule has 0 saturated heterocycles. The quantitative estimate of drug-likeness (QED) is 0.308. The van der Waals surface area contributed by atoms with Crippen LogP contribution in [0.25, 0.3) is 0 Å². The summed E-state index contributed by atoms with van der Waals surface area (Å²) in [6.07, 6.45) is 9.04. The summed E-state index contributed by atoms with van der Waals surface area (Å²) in [6.45, 7) is 0. The van der Waals surface area contributed by atoms with Gasteiger partial charge in [0.05, 0.1) is 0 Å².